The zero-order chi connectivity index (χ0) is 9.10. The Hall–Kier alpha value is -0.930. The second kappa shape index (κ2) is 3.85. The fraction of sp³-hybridized carbons (Fsp3) is 0.500. The molecule has 1 atom stereocenters. The first kappa shape index (κ1) is 8.66. The predicted octanol–water partition coefficient (Wildman–Crippen LogP) is 0.672. The van der Waals surface area contributed by atoms with Crippen LogP contribution in [0.2, 0.25) is 0 Å². The SMILES string of the molecule is CN1CC[N]C(c2ccncc2)C1. The lowest BCUT2D eigenvalue weighted by atomic mass is 10.1. The lowest BCUT2D eigenvalue weighted by Gasteiger charge is -2.29. The van der Waals surface area contributed by atoms with Gasteiger partial charge in [-0.15, -0.1) is 0 Å². The summed E-state index contributed by atoms with van der Waals surface area (Å²) in [6, 6.07) is 4.45. The summed E-state index contributed by atoms with van der Waals surface area (Å²) in [5, 5.41) is 4.58. The van der Waals surface area contributed by atoms with Gasteiger partial charge in [0.2, 0.25) is 0 Å². The van der Waals surface area contributed by atoms with Crippen LogP contribution < -0.4 is 5.32 Å². The fourth-order valence-corrected chi connectivity index (χ4v) is 1.62. The average molecular weight is 176 g/mol. The van der Waals surface area contributed by atoms with Gasteiger partial charge in [0.05, 0.1) is 6.04 Å². The molecule has 0 spiro atoms. The summed E-state index contributed by atoms with van der Waals surface area (Å²) in [7, 11) is 2.14. The largest absolute Gasteiger partial charge is 0.303 e. The van der Waals surface area contributed by atoms with Crippen molar-refractivity contribution in [1.82, 2.24) is 15.2 Å². The molecule has 0 amide bonds. The lowest BCUT2D eigenvalue weighted by Crippen LogP contribution is -2.39. The summed E-state index contributed by atoms with van der Waals surface area (Å²) in [6.45, 7) is 3.06. The highest BCUT2D eigenvalue weighted by Crippen LogP contribution is 2.16. The van der Waals surface area contributed by atoms with E-state index in [1.165, 1.54) is 5.56 Å². The van der Waals surface area contributed by atoms with E-state index in [-0.39, 0.29) is 0 Å². The zero-order valence-corrected chi connectivity index (χ0v) is 7.85. The minimum atomic E-state index is 0.349. The van der Waals surface area contributed by atoms with Gasteiger partial charge in [-0.25, -0.2) is 5.32 Å². The molecule has 1 aliphatic heterocycles. The summed E-state index contributed by atoms with van der Waals surface area (Å²) >= 11 is 0. The third-order valence-electron chi connectivity index (χ3n) is 2.41. The summed E-state index contributed by atoms with van der Waals surface area (Å²) < 4.78 is 0. The highest BCUT2D eigenvalue weighted by Gasteiger charge is 2.18. The molecule has 1 aliphatic rings. The molecule has 3 heteroatoms. The van der Waals surface area contributed by atoms with Crippen molar-refractivity contribution in [2.24, 2.45) is 0 Å². The topological polar surface area (TPSA) is 30.2 Å². The molecule has 1 radical (unpaired) electrons. The van der Waals surface area contributed by atoms with Crippen LogP contribution in [0.25, 0.3) is 0 Å². The summed E-state index contributed by atoms with van der Waals surface area (Å²) in [5.41, 5.74) is 1.28. The smallest absolute Gasteiger partial charge is 0.0624 e. The zero-order valence-electron chi connectivity index (χ0n) is 7.85. The lowest BCUT2D eigenvalue weighted by molar-refractivity contribution is 0.237. The standard InChI is InChI=1S/C10H14N3/c1-13-7-6-12-10(8-13)9-2-4-11-5-3-9/h2-5,10H,6-8H2,1H3. The molecular formula is C10H14N3. The number of nitrogens with zero attached hydrogens (tertiary/aromatic N) is 3. The second-order valence-electron chi connectivity index (χ2n) is 3.46. The Morgan fingerprint density at radius 3 is 2.85 bits per heavy atom. The van der Waals surface area contributed by atoms with Gasteiger partial charge in [0, 0.05) is 32.0 Å². The van der Waals surface area contributed by atoms with E-state index in [0.717, 1.165) is 19.6 Å². The minimum Gasteiger partial charge on any atom is -0.303 e. The van der Waals surface area contributed by atoms with Crippen LogP contribution in [0.4, 0.5) is 0 Å². The molecule has 0 aliphatic carbocycles. The number of hydrogen-bond donors (Lipinski definition) is 0. The van der Waals surface area contributed by atoms with Crippen molar-refractivity contribution in [3.8, 4) is 0 Å². The second-order valence-corrected chi connectivity index (χ2v) is 3.46. The number of pyridine rings is 1. The van der Waals surface area contributed by atoms with E-state index in [1.807, 2.05) is 24.5 Å². The Labute approximate surface area is 78.8 Å². The third-order valence-corrected chi connectivity index (χ3v) is 2.41. The number of aromatic nitrogens is 1. The molecule has 2 heterocycles. The maximum absolute atomic E-state index is 4.58. The molecule has 1 unspecified atom stereocenters. The molecule has 0 bridgehead atoms. The van der Waals surface area contributed by atoms with Crippen molar-refractivity contribution < 1.29 is 0 Å². The quantitative estimate of drug-likeness (QED) is 0.629. The van der Waals surface area contributed by atoms with Crippen molar-refractivity contribution >= 4 is 0 Å². The molecule has 0 saturated carbocycles. The van der Waals surface area contributed by atoms with Crippen LogP contribution in [0.1, 0.15) is 11.6 Å². The molecule has 1 aromatic rings. The molecule has 1 aromatic heterocycles. The van der Waals surface area contributed by atoms with Gasteiger partial charge in [0.1, 0.15) is 0 Å². The molecule has 1 fully saturated rings. The minimum absolute atomic E-state index is 0.349. The Balaban J connectivity index is 2.08. The van der Waals surface area contributed by atoms with E-state index < -0.39 is 0 Å². The molecule has 2 rings (SSSR count). The molecule has 1 saturated heterocycles. The number of piperazine rings is 1. The van der Waals surface area contributed by atoms with Crippen LogP contribution in [0, 0.1) is 0 Å². The van der Waals surface area contributed by atoms with Crippen LogP contribution in [0.3, 0.4) is 0 Å². The van der Waals surface area contributed by atoms with Crippen molar-refractivity contribution in [3.63, 3.8) is 0 Å². The van der Waals surface area contributed by atoms with Crippen LogP contribution >= 0.6 is 0 Å². The Morgan fingerprint density at radius 1 is 1.38 bits per heavy atom. The summed E-state index contributed by atoms with van der Waals surface area (Å²) in [4.78, 5) is 6.32. The first-order valence-corrected chi connectivity index (χ1v) is 4.61. The van der Waals surface area contributed by atoms with Crippen LogP contribution in [-0.4, -0.2) is 36.6 Å². The highest BCUT2D eigenvalue weighted by molar-refractivity contribution is 5.15. The highest BCUT2D eigenvalue weighted by atomic mass is 15.2. The van der Waals surface area contributed by atoms with Crippen molar-refractivity contribution in [3.05, 3.63) is 30.1 Å². The van der Waals surface area contributed by atoms with Gasteiger partial charge in [-0.3, -0.25) is 4.98 Å². The van der Waals surface area contributed by atoms with Gasteiger partial charge in [0.15, 0.2) is 0 Å². The molecule has 13 heavy (non-hydrogen) atoms. The number of hydrogen-bond acceptors (Lipinski definition) is 2. The maximum atomic E-state index is 4.58. The maximum Gasteiger partial charge on any atom is 0.0624 e. The van der Waals surface area contributed by atoms with Gasteiger partial charge in [0.25, 0.3) is 0 Å². The average Bonchev–Trinajstić information content (AvgIpc) is 2.19. The first-order valence-electron chi connectivity index (χ1n) is 4.61. The molecule has 69 valence electrons. The van der Waals surface area contributed by atoms with Gasteiger partial charge >= 0.3 is 0 Å². The monoisotopic (exact) mass is 176 g/mol. The van der Waals surface area contributed by atoms with Crippen LogP contribution in [0.5, 0.6) is 0 Å². The summed E-state index contributed by atoms with van der Waals surface area (Å²) in [6.07, 6.45) is 3.67. The van der Waals surface area contributed by atoms with E-state index in [4.69, 9.17) is 0 Å². The number of likely N-dealkylation sites (N-methyl/N-ethyl adjacent to an activating group) is 1. The van der Waals surface area contributed by atoms with Crippen molar-refractivity contribution in [2.75, 3.05) is 26.7 Å². The third kappa shape index (κ3) is 2.05. The normalized spacial score (nSPS) is 24.5. The Morgan fingerprint density at radius 2 is 2.15 bits per heavy atom. The van der Waals surface area contributed by atoms with Crippen LogP contribution in [0.15, 0.2) is 24.5 Å². The van der Waals surface area contributed by atoms with Gasteiger partial charge < -0.3 is 4.90 Å². The van der Waals surface area contributed by atoms with E-state index in [0.29, 0.717) is 6.04 Å². The van der Waals surface area contributed by atoms with Gasteiger partial charge in [-0.2, -0.15) is 0 Å². The van der Waals surface area contributed by atoms with Crippen molar-refractivity contribution in [1.29, 1.82) is 0 Å². The fourth-order valence-electron chi connectivity index (χ4n) is 1.62. The van der Waals surface area contributed by atoms with Gasteiger partial charge in [-0.05, 0) is 24.7 Å². The predicted molar refractivity (Wildman–Crippen MR) is 51.5 cm³/mol. The Kier molecular flexibility index (Phi) is 2.57. The molecule has 3 nitrogen and oxygen atoms in total. The van der Waals surface area contributed by atoms with E-state index in [1.54, 1.807) is 0 Å². The summed E-state index contributed by atoms with van der Waals surface area (Å²) in [5.74, 6) is 0. The molecule has 0 N–H and O–H groups in total. The van der Waals surface area contributed by atoms with Crippen LogP contribution in [-0.2, 0) is 0 Å². The molecule has 0 aromatic carbocycles. The Bertz CT molecular complexity index is 260. The first-order chi connectivity index (χ1) is 6.36. The van der Waals surface area contributed by atoms with E-state index >= 15 is 0 Å². The van der Waals surface area contributed by atoms with E-state index in [2.05, 4.69) is 22.2 Å². The molecular weight excluding hydrogens is 162 g/mol. The van der Waals surface area contributed by atoms with Gasteiger partial charge in [-0.1, -0.05) is 0 Å². The number of rotatable bonds is 1. The van der Waals surface area contributed by atoms with E-state index in [9.17, 15) is 0 Å². The van der Waals surface area contributed by atoms with Crippen molar-refractivity contribution in [2.45, 2.75) is 6.04 Å².